The average Bonchev–Trinajstić information content (AvgIpc) is 3.10. The molecule has 1 aliphatic rings. The van der Waals surface area contributed by atoms with E-state index in [0.29, 0.717) is 6.42 Å². The summed E-state index contributed by atoms with van der Waals surface area (Å²) in [6, 6.07) is 0. The number of carbonyl (C=O) groups is 1. The van der Waals surface area contributed by atoms with Gasteiger partial charge in [-0.05, 0) is 19.8 Å². The number of aliphatic carboxylic acids is 1. The van der Waals surface area contributed by atoms with E-state index in [-0.39, 0.29) is 39.7 Å². The van der Waals surface area contributed by atoms with E-state index in [1.807, 2.05) is 6.92 Å². The van der Waals surface area contributed by atoms with Gasteiger partial charge in [-0.25, -0.2) is 10.2 Å². The van der Waals surface area contributed by atoms with E-state index in [9.17, 15) is 10.0 Å². The Morgan fingerprint density at radius 2 is 1.16 bits per heavy atom. The number of amidine groups is 1. The van der Waals surface area contributed by atoms with Crippen molar-refractivity contribution in [1.29, 1.82) is 0 Å². The van der Waals surface area contributed by atoms with E-state index in [2.05, 4.69) is 4.99 Å². The fourth-order valence-corrected chi connectivity index (χ4v) is 4.44. The van der Waals surface area contributed by atoms with E-state index in [1.165, 1.54) is 96.3 Å². The van der Waals surface area contributed by atoms with Gasteiger partial charge in [-0.1, -0.05) is 96.3 Å². The van der Waals surface area contributed by atoms with Crippen LogP contribution >= 0.6 is 0 Å². The second-order valence-corrected chi connectivity index (χ2v) is 9.16. The molecule has 1 radical (unpaired) electrons. The first kappa shape index (κ1) is 34.2. The fraction of sp³-hybridized carbons (Fsp3) is 0.920. The molecule has 0 aliphatic carbocycles. The van der Waals surface area contributed by atoms with Crippen LogP contribution in [0.15, 0.2) is 4.99 Å². The quantitative estimate of drug-likeness (QED) is 0.114. The predicted molar refractivity (Wildman–Crippen MR) is 133 cm³/mol. The molecule has 1 rings (SSSR count). The summed E-state index contributed by atoms with van der Waals surface area (Å²) in [5, 5.41) is 19.0. The molecule has 0 fully saturated rings. The molecule has 0 bridgehead atoms. The number of hydrogen-bond donors (Lipinski definition) is 2. The first-order chi connectivity index (χ1) is 14.6. The van der Waals surface area contributed by atoms with Crippen molar-refractivity contribution in [1.82, 2.24) is 0 Å². The number of carboxylic acid groups (broad SMARTS) is 1. The van der Waals surface area contributed by atoms with Gasteiger partial charge in [0, 0.05) is 42.4 Å². The van der Waals surface area contributed by atoms with Crippen molar-refractivity contribution in [3.63, 3.8) is 0 Å². The van der Waals surface area contributed by atoms with E-state index in [1.54, 1.807) is 0 Å². The Kier molecular flexibility index (Phi) is 24.4. The molecule has 0 saturated carbocycles. The van der Waals surface area contributed by atoms with Gasteiger partial charge in [-0.2, -0.15) is 0 Å². The number of nitrogens with zero attached hydrogens (tertiary/aromatic N) is 2. The number of rotatable bonds is 21. The van der Waals surface area contributed by atoms with E-state index < -0.39 is 5.97 Å². The molecule has 1 heterocycles. The van der Waals surface area contributed by atoms with Gasteiger partial charge in [-0.15, -0.1) is 4.65 Å². The van der Waals surface area contributed by atoms with E-state index >= 15 is 0 Å². The summed E-state index contributed by atoms with van der Waals surface area (Å²) in [6.07, 6.45) is 23.1. The summed E-state index contributed by atoms with van der Waals surface area (Å²) in [5.41, 5.74) is 0. The van der Waals surface area contributed by atoms with Crippen LogP contribution in [0.1, 0.15) is 129 Å². The Bertz CT molecular complexity index is 477. The number of likely N-dealkylation sites (N-methyl/N-ethyl adjacent to an activating group) is 1. The first-order valence-corrected chi connectivity index (χ1v) is 12.9. The maximum Gasteiger partial charge on any atom is 0.303 e. The molecule has 32 heavy (non-hydrogen) atoms. The van der Waals surface area contributed by atoms with Crippen LogP contribution in [0.25, 0.3) is 0 Å². The third kappa shape index (κ3) is 17.5. The molecule has 3 N–H and O–H groups in total. The van der Waals surface area contributed by atoms with Gasteiger partial charge >= 0.3 is 5.97 Å². The number of aliphatic imine (C=N–C) groups is 1. The zero-order valence-electron chi connectivity index (χ0n) is 21.2. The second-order valence-electron chi connectivity index (χ2n) is 9.16. The maximum atomic E-state index is 10.4. The van der Waals surface area contributed by atoms with Crippen LogP contribution in [0.2, 0.25) is 0 Å². The van der Waals surface area contributed by atoms with Gasteiger partial charge in [0.25, 0.3) is 0 Å². The topological polar surface area (TPSA) is 99.9 Å². The Balaban J connectivity index is 0. The van der Waals surface area contributed by atoms with Crippen LogP contribution in [0.3, 0.4) is 0 Å². The molecule has 6 nitrogen and oxygen atoms in total. The van der Waals surface area contributed by atoms with Crippen LogP contribution in [-0.2, 0) is 4.79 Å². The first-order valence-electron chi connectivity index (χ1n) is 12.9. The van der Waals surface area contributed by atoms with Crippen molar-refractivity contribution in [2.45, 2.75) is 129 Å². The molecule has 1 aliphatic heterocycles. The Morgan fingerprint density at radius 1 is 0.781 bits per heavy atom. The zero-order valence-corrected chi connectivity index (χ0v) is 23.2. The van der Waals surface area contributed by atoms with Crippen LogP contribution in [0.4, 0.5) is 0 Å². The molecular weight excluding hydrogens is 415 g/mol. The Morgan fingerprint density at radius 3 is 1.53 bits per heavy atom. The summed E-state index contributed by atoms with van der Waals surface area (Å²) in [7, 11) is 0. The molecule has 0 aromatic carbocycles. The van der Waals surface area contributed by atoms with Crippen molar-refractivity contribution in [3.8, 4) is 0 Å². The fourth-order valence-electron chi connectivity index (χ4n) is 4.44. The minimum absolute atomic E-state index is 0. The Labute approximate surface area is 219 Å². The van der Waals surface area contributed by atoms with Crippen LogP contribution in [-0.4, -0.2) is 81.4 Å². The van der Waals surface area contributed by atoms with Crippen molar-refractivity contribution >= 4 is 41.4 Å². The van der Waals surface area contributed by atoms with Crippen molar-refractivity contribution < 1.29 is 25.2 Å². The number of hydroxylamine groups is 3. The Hall–Kier alpha value is 0.0200. The van der Waals surface area contributed by atoms with E-state index in [0.717, 1.165) is 44.7 Å². The van der Waals surface area contributed by atoms with Gasteiger partial charge in [-0.3, -0.25) is 4.79 Å². The number of hydrogen-bond acceptors (Lipinski definition) is 4. The molecule has 7 heteroatoms. The molecule has 0 aromatic heterocycles. The molecule has 1 unspecified atom stereocenters. The summed E-state index contributed by atoms with van der Waals surface area (Å²) in [4.78, 5) is 14.9. The van der Waals surface area contributed by atoms with Crippen LogP contribution in [0, 0.1) is 0 Å². The minimum atomic E-state index is -0.661. The van der Waals surface area contributed by atoms with Gasteiger partial charge < -0.3 is 10.6 Å². The van der Waals surface area contributed by atoms with Gasteiger partial charge in [0.15, 0.2) is 0 Å². The maximum absolute atomic E-state index is 10.4. The van der Waals surface area contributed by atoms with Crippen molar-refractivity contribution in [2.75, 3.05) is 19.6 Å². The molecule has 1 atom stereocenters. The van der Waals surface area contributed by atoms with Gasteiger partial charge in [0.1, 0.15) is 13.1 Å². The molecule has 0 spiro atoms. The predicted octanol–water partition coefficient (Wildman–Crippen LogP) is 6.56. The van der Waals surface area contributed by atoms with Crippen molar-refractivity contribution in [3.05, 3.63) is 0 Å². The standard InChI is InChI=1S/C25H48N2O3.Na.H2O/c1-2-27(30)23-22-26-24(27)20-18-16-14-12-10-8-6-4-3-5-7-9-11-13-15-17-19-21-25(28)29;;/h30H,2-23H2,1H3;;1H2. The third-order valence-corrected chi connectivity index (χ3v) is 6.56. The number of quaternary nitrogens is 1. The molecular formula is C25H50N2NaO4. The van der Waals surface area contributed by atoms with Crippen LogP contribution in [0.5, 0.6) is 0 Å². The second kappa shape index (κ2) is 22.8. The smallest absolute Gasteiger partial charge is 0.303 e. The molecule has 0 aromatic rings. The van der Waals surface area contributed by atoms with Crippen molar-refractivity contribution in [2.24, 2.45) is 4.99 Å². The molecule has 0 saturated heterocycles. The average molecular weight is 466 g/mol. The molecule has 185 valence electrons. The summed E-state index contributed by atoms with van der Waals surface area (Å²) in [5.74, 6) is 0.347. The largest absolute Gasteiger partial charge is 0.870 e. The normalized spacial score (nSPS) is 17.5. The van der Waals surface area contributed by atoms with E-state index in [4.69, 9.17) is 5.11 Å². The monoisotopic (exact) mass is 465 g/mol. The zero-order chi connectivity index (χ0) is 21.9. The minimum Gasteiger partial charge on any atom is -0.870 e. The number of unbranched alkanes of at least 4 members (excludes halogenated alkanes) is 16. The third-order valence-electron chi connectivity index (χ3n) is 6.56. The summed E-state index contributed by atoms with van der Waals surface area (Å²) in [6.45, 7) is 4.34. The summed E-state index contributed by atoms with van der Waals surface area (Å²) >= 11 is 0. The van der Waals surface area contributed by atoms with Gasteiger partial charge in [0.05, 0.1) is 6.54 Å². The van der Waals surface area contributed by atoms with Gasteiger partial charge in [0.2, 0.25) is 5.84 Å². The summed E-state index contributed by atoms with van der Waals surface area (Å²) < 4.78 is 0.0919. The number of carboxylic acids is 1. The molecule has 0 amide bonds. The van der Waals surface area contributed by atoms with Crippen LogP contribution < -0.4 is 0 Å². The SMILES string of the molecule is CC[N+]1(O)CCN=C1CCCCCCCCCCCCCCCCCCCC(=O)O.[Na].[OH-].